The standard InChI is InChI=1S/C17H26N2O/c1-2-19(14-7-8-14)11-10-18-17-5-3-4-13-6-9-15(20)12-16(13)17/h6,9,12,14,17-18,20H,2-5,7-8,10-11H2,1H3. The maximum atomic E-state index is 9.70. The summed E-state index contributed by atoms with van der Waals surface area (Å²) < 4.78 is 0. The van der Waals surface area contributed by atoms with Crippen molar-refractivity contribution in [1.82, 2.24) is 10.2 Å². The van der Waals surface area contributed by atoms with Gasteiger partial charge in [0.15, 0.2) is 0 Å². The smallest absolute Gasteiger partial charge is 0.115 e. The normalized spacial score (nSPS) is 22.0. The third-order valence-electron chi connectivity index (χ3n) is 4.70. The number of likely N-dealkylation sites (N-methyl/N-ethyl adjacent to an activating group) is 1. The number of hydrogen-bond acceptors (Lipinski definition) is 3. The highest BCUT2D eigenvalue weighted by Gasteiger charge is 2.27. The van der Waals surface area contributed by atoms with Gasteiger partial charge in [0.05, 0.1) is 0 Å². The third kappa shape index (κ3) is 3.15. The molecule has 3 rings (SSSR count). The number of nitrogens with one attached hydrogen (secondary N) is 1. The SMILES string of the molecule is CCN(CCNC1CCCc2ccc(O)cc21)C1CC1. The van der Waals surface area contributed by atoms with Crippen molar-refractivity contribution in [2.24, 2.45) is 0 Å². The topological polar surface area (TPSA) is 35.5 Å². The van der Waals surface area contributed by atoms with Gasteiger partial charge in [-0.25, -0.2) is 0 Å². The first-order chi connectivity index (χ1) is 9.78. The van der Waals surface area contributed by atoms with E-state index in [9.17, 15) is 5.11 Å². The molecule has 2 aliphatic rings. The number of aromatic hydroxyl groups is 1. The number of aryl methyl sites for hydroxylation is 1. The van der Waals surface area contributed by atoms with Crippen molar-refractivity contribution in [3.63, 3.8) is 0 Å². The largest absolute Gasteiger partial charge is 0.508 e. The number of nitrogens with zero attached hydrogens (tertiary/aromatic N) is 1. The van der Waals surface area contributed by atoms with Crippen LogP contribution in [0, 0.1) is 0 Å². The first-order valence-corrected chi connectivity index (χ1v) is 8.07. The van der Waals surface area contributed by atoms with Crippen LogP contribution in [0.1, 0.15) is 49.8 Å². The Bertz CT molecular complexity index is 456. The van der Waals surface area contributed by atoms with Crippen molar-refractivity contribution in [3.8, 4) is 5.75 Å². The molecular formula is C17H26N2O. The molecule has 2 N–H and O–H groups in total. The van der Waals surface area contributed by atoms with Gasteiger partial charge < -0.3 is 10.4 Å². The highest BCUT2D eigenvalue weighted by molar-refractivity contribution is 5.38. The van der Waals surface area contributed by atoms with E-state index >= 15 is 0 Å². The summed E-state index contributed by atoms with van der Waals surface area (Å²) in [4.78, 5) is 2.58. The molecule has 0 aromatic heterocycles. The van der Waals surface area contributed by atoms with Crippen molar-refractivity contribution in [3.05, 3.63) is 29.3 Å². The van der Waals surface area contributed by atoms with E-state index < -0.39 is 0 Å². The number of hydrogen-bond donors (Lipinski definition) is 2. The van der Waals surface area contributed by atoms with E-state index in [1.165, 1.54) is 36.8 Å². The summed E-state index contributed by atoms with van der Waals surface area (Å²) in [7, 11) is 0. The monoisotopic (exact) mass is 274 g/mol. The Hall–Kier alpha value is -1.06. The maximum Gasteiger partial charge on any atom is 0.115 e. The van der Waals surface area contributed by atoms with Crippen LogP contribution in [0.15, 0.2) is 18.2 Å². The molecule has 1 aromatic rings. The molecular weight excluding hydrogens is 248 g/mol. The van der Waals surface area contributed by atoms with Crippen LogP contribution in [0.3, 0.4) is 0 Å². The van der Waals surface area contributed by atoms with Gasteiger partial charge in [-0.05, 0) is 61.9 Å². The Morgan fingerprint density at radius 1 is 1.30 bits per heavy atom. The molecule has 3 nitrogen and oxygen atoms in total. The van der Waals surface area contributed by atoms with Crippen LogP contribution in [0.5, 0.6) is 5.75 Å². The molecule has 0 amide bonds. The van der Waals surface area contributed by atoms with E-state index in [2.05, 4.69) is 23.2 Å². The minimum Gasteiger partial charge on any atom is -0.508 e. The van der Waals surface area contributed by atoms with Crippen LogP contribution in [0.25, 0.3) is 0 Å². The minimum absolute atomic E-state index is 0.394. The van der Waals surface area contributed by atoms with Gasteiger partial charge in [0.2, 0.25) is 0 Å². The lowest BCUT2D eigenvalue weighted by Crippen LogP contribution is -2.36. The molecule has 0 saturated heterocycles. The summed E-state index contributed by atoms with van der Waals surface area (Å²) in [5.74, 6) is 0.394. The summed E-state index contributed by atoms with van der Waals surface area (Å²) >= 11 is 0. The average Bonchev–Trinajstić information content (AvgIpc) is 3.28. The quantitative estimate of drug-likeness (QED) is 0.837. The molecule has 0 bridgehead atoms. The second kappa shape index (κ2) is 6.15. The first-order valence-electron chi connectivity index (χ1n) is 8.07. The molecule has 110 valence electrons. The van der Waals surface area contributed by atoms with E-state index in [0.717, 1.165) is 32.1 Å². The van der Waals surface area contributed by atoms with E-state index in [1.54, 1.807) is 0 Å². The molecule has 2 aliphatic carbocycles. The van der Waals surface area contributed by atoms with Gasteiger partial charge in [-0.3, -0.25) is 4.90 Å². The molecule has 3 heteroatoms. The van der Waals surface area contributed by atoms with Gasteiger partial charge in [0.25, 0.3) is 0 Å². The molecule has 0 spiro atoms. The number of phenols is 1. The zero-order chi connectivity index (χ0) is 13.9. The molecule has 1 unspecified atom stereocenters. The first kappa shape index (κ1) is 13.9. The lowest BCUT2D eigenvalue weighted by atomic mass is 9.87. The number of benzene rings is 1. The van der Waals surface area contributed by atoms with Crippen LogP contribution in [0.2, 0.25) is 0 Å². The van der Waals surface area contributed by atoms with Crippen molar-refractivity contribution in [1.29, 1.82) is 0 Å². The van der Waals surface area contributed by atoms with Crippen LogP contribution in [0.4, 0.5) is 0 Å². The Kier molecular flexibility index (Phi) is 4.27. The molecule has 20 heavy (non-hydrogen) atoms. The zero-order valence-electron chi connectivity index (χ0n) is 12.4. The highest BCUT2D eigenvalue weighted by atomic mass is 16.3. The van der Waals surface area contributed by atoms with E-state index in [4.69, 9.17) is 0 Å². The molecule has 0 radical (unpaired) electrons. The molecule has 1 saturated carbocycles. The van der Waals surface area contributed by atoms with E-state index in [-0.39, 0.29) is 0 Å². The van der Waals surface area contributed by atoms with Gasteiger partial charge in [0, 0.05) is 25.2 Å². The zero-order valence-corrected chi connectivity index (χ0v) is 12.4. The summed E-state index contributed by atoms with van der Waals surface area (Å²) in [5, 5.41) is 13.4. The Balaban J connectivity index is 1.57. The van der Waals surface area contributed by atoms with E-state index in [1.807, 2.05) is 12.1 Å². The lowest BCUT2D eigenvalue weighted by molar-refractivity contribution is 0.269. The van der Waals surface area contributed by atoms with E-state index in [0.29, 0.717) is 11.8 Å². The number of phenolic OH excluding ortho intramolecular Hbond substituents is 1. The molecule has 0 aliphatic heterocycles. The van der Waals surface area contributed by atoms with Gasteiger partial charge >= 0.3 is 0 Å². The summed E-state index contributed by atoms with van der Waals surface area (Å²) in [6, 6.07) is 7.12. The third-order valence-corrected chi connectivity index (χ3v) is 4.70. The maximum absolute atomic E-state index is 9.70. The Morgan fingerprint density at radius 3 is 2.90 bits per heavy atom. The predicted molar refractivity (Wildman–Crippen MR) is 82.1 cm³/mol. The fraction of sp³-hybridized carbons (Fsp3) is 0.647. The van der Waals surface area contributed by atoms with Crippen LogP contribution in [-0.4, -0.2) is 35.7 Å². The molecule has 0 heterocycles. The van der Waals surface area contributed by atoms with Crippen molar-refractivity contribution in [2.45, 2.75) is 51.1 Å². The van der Waals surface area contributed by atoms with Crippen molar-refractivity contribution in [2.75, 3.05) is 19.6 Å². The number of rotatable bonds is 6. The van der Waals surface area contributed by atoms with Crippen LogP contribution in [-0.2, 0) is 6.42 Å². The highest BCUT2D eigenvalue weighted by Crippen LogP contribution is 2.32. The Labute approximate surface area is 122 Å². The fourth-order valence-electron chi connectivity index (χ4n) is 3.42. The van der Waals surface area contributed by atoms with Gasteiger partial charge in [0.1, 0.15) is 5.75 Å². The van der Waals surface area contributed by atoms with Crippen LogP contribution < -0.4 is 5.32 Å². The lowest BCUT2D eigenvalue weighted by Gasteiger charge is -2.28. The molecule has 1 aromatic carbocycles. The second-order valence-corrected chi connectivity index (χ2v) is 6.14. The van der Waals surface area contributed by atoms with Crippen molar-refractivity contribution >= 4 is 0 Å². The minimum atomic E-state index is 0.394. The predicted octanol–water partition coefficient (Wildman–Crippen LogP) is 2.84. The number of fused-ring (bicyclic) bond motifs is 1. The van der Waals surface area contributed by atoms with Gasteiger partial charge in [-0.15, -0.1) is 0 Å². The molecule has 1 atom stereocenters. The fourth-order valence-corrected chi connectivity index (χ4v) is 3.42. The van der Waals surface area contributed by atoms with Crippen molar-refractivity contribution < 1.29 is 5.11 Å². The second-order valence-electron chi connectivity index (χ2n) is 6.14. The Morgan fingerprint density at radius 2 is 2.15 bits per heavy atom. The molecule has 1 fully saturated rings. The summed E-state index contributed by atoms with van der Waals surface area (Å²) in [6.45, 7) is 5.61. The summed E-state index contributed by atoms with van der Waals surface area (Å²) in [6.07, 6.45) is 6.35. The average molecular weight is 274 g/mol. The van der Waals surface area contributed by atoms with Crippen LogP contribution >= 0.6 is 0 Å². The van der Waals surface area contributed by atoms with Gasteiger partial charge in [-0.2, -0.15) is 0 Å². The van der Waals surface area contributed by atoms with Gasteiger partial charge in [-0.1, -0.05) is 13.0 Å². The summed E-state index contributed by atoms with van der Waals surface area (Å²) in [5.41, 5.74) is 2.71.